The summed E-state index contributed by atoms with van der Waals surface area (Å²) >= 11 is 0. The minimum Gasteiger partial charge on any atom is -0.365 e. The Kier molecular flexibility index (Phi) is 12.1. The molecule has 9 heteroatoms. The number of piperidine rings is 1. The van der Waals surface area contributed by atoms with Gasteiger partial charge < -0.3 is 10.2 Å². The van der Waals surface area contributed by atoms with Crippen LogP contribution >= 0.6 is 24.8 Å². The van der Waals surface area contributed by atoms with E-state index in [1.54, 1.807) is 17.9 Å². The number of amides is 1. The second-order valence-corrected chi connectivity index (χ2v) is 7.71. The van der Waals surface area contributed by atoms with Gasteiger partial charge in [0.15, 0.2) is 0 Å². The second-order valence-electron chi connectivity index (χ2n) is 7.71. The molecule has 3 N–H and O–H groups in total. The number of nitrogens with zero attached hydrogens (tertiary/aromatic N) is 3. The molecule has 2 fully saturated rings. The van der Waals surface area contributed by atoms with Gasteiger partial charge in [0.05, 0.1) is 18.1 Å². The largest absolute Gasteiger partial charge is 0.365 e. The van der Waals surface area contributed by atoms with E-state index in [4.69, 9.17) is 5.21 Å². The van der Waals surface area contributed by atoms with Gasteiger partial charge in [-0.05, 0) is 44.3 Å². The molecule has 164 valence electrons. The lowest BCUT2D eigenvalue weighted by atomic mass is 9.87. The summed E-state index contributed by atoms with van der Waals surface area (Å²) in [7, 11) is 0. The van der Waals surface area contributed by atoms with Gasteiger partial charge in [-0.3, -0.25) is 15.0 Å². The van der Waals surface area contributed by atoms with Gasteiger partial charge in [-0.1, -0.05) is 32.1 Å². The fraction of sp³-hybridized carbons (Fsp3) is 0.650. The van der Waals surface area contributed by atoms with Crippen LogP contribution in [-0.4, -0.2) is 51.7 Å². The van der Waals surface area contributed by atoms with Gasteiger partial charge in [-0.25, -0.2) is 10.5 Å². The zero-order valence-corrected chi connectivity index (χ0v) is 18.4. The van der Waals surface area contributed by atoms with Gasteiger partial charge >= 0.3 is 0 Å². The van der Waals surface area contributed by atoms with Crippen molar-refractivity contribution >= 4 is 42.6 Å². The SMILES string of the molecule is Cl.Cl.O=C(C=Cc1cnc(N[C@@H]2CCCN(CCC3CCCCC3)C2)cn1)NO. The maximum absolute atomic E-state index is 11.0. The molecule has 0 radical (unpaired) electrons. The lowest BCUT2D eigenvalue weighted by Gasteiger charge is -2.34. The average molecular weight is 446 g/mol. The van der Waals surface area contributed by atoms with Crippen molar-refractivity contribution in [3.8, 4) is 0 Å². The highest BCUT2D eigenvalue weighted by atomic mass is 35.5. The maximum atomic E-state index is 11.0. The van der Waals surface area contributed by atoms with Crippen molar-refractivity contribution in [3.05, 3.63) is 24.2 Å². The molecule has 2 aliphatic rings. The van der Waals surface area contributed by atoms with Crippen LogP contribution < -0.4 is 10.8 Å². The molecule has 1 amide bonds. The Balaban J connectivity index is 0.00000210. The molecule has 1 aliphatic heterocycles. The molecule has 0 aromatic carbocycles. The van der Waals surface area contributed by atoms with E-state index in [0.717, 1.165) is 24.7 Å². The number of halogens is 2. The van der Waals surface area contributed by atoms with E-state index in [2.05, 4.69) is 20.2 Å². The fourth-order valence-corrected chi connectivity index (χ4v) is 4.12. The molecule has 29 heavy (non-hydrogen) atoms. The number of anilines is 1. The third kappa shape index (κ3) is 8.86. The van der Waals surface area contributed by atoms with Crippen molar-refractivity contribution in [1.82, 2.24) is 20.3 Å². The Morgan fingerprint density at radius 2 is 1.93 bits per heavy atom. The van der Waals surface area contributed by atoms with E-state index >= 15 is 0 Å². The molecule has 3 rings (SSSR count). The van der Waals surface area contributed by atoms with Crippen LogP contribution in [0, 0.1) is 5.92 Å². The zero-order valence-electron chi connectivity index (χ0n) is 16.8. The molecule has 2 heterocycles. The summed E-state index contributed by atoms with van der Waals surface area (Å²) < 4.78 is 0. The van der Waals surface area contributed by atoms with Crippen LogP contribution in [0.3, 0.4) is 0 Å². The van der Waals surface area contributed by atoms with Crippen molar-refractivity contribution < 1.29 is 10.0 Å². The molecular weight excluding hydrogens is 413 g/mol. The van der Waals surface area contributed by atoms with Crippen molar-refractivity contribution in [3.63, 3.8) is 0 Å². The third-order valence-corrected chi connectivity index (χ3v) is 5.62. The molecular formula is C20H33Cl2N5O2. The van der Waals surface area contributed by atoms with E-state index in [1.807, 2.05) is 0 Å². The first-order valence-electron chi connectivity index (χ1n) is 10.2. The Labute approximate surface area is 185 Å². The second kappa shape index (κ2) is 13.7. The lowest BCUT2D eigenvalue weighted by molar-refractivity contribution is -0.124. The number of hydrogen-bond donors (Lipinski definition) is 3. The van der Waals surface area contributed by atoms with Gasteiger partial charge in [0.2, 0.25) is 0 Å². The molecule has 7 nitrogen and oxygen atoms in total. The molecule has 1 aromatic heterocycles. The molecule has 0 spiro atoms. The zero-order chi connectivity index (χ0) is 18.9. The monoisotopic (exact) mass is 445 g/mol. The van der Waals surface area contributed by atoms with Crippen LogP contribution in [0.2, 0.25) is 0 Å². The van der Waals surface area contributed by atoms with Crippen molar-refractivity contribution in [1.29, 1.82) is 0 Å². The fourth-order valence-electron chi connectivity index (χ4n) is 4.12. The van der Waals surface area contributed by atoms with Crippen LogP contribution in [0.15, 0.2) is 18.5 Å². The molecule has 1 aromatic rings. The summed E-state index contributed by atoms with van der Waals surface area (Å²) in [6.45, 7) is 3.48. The highest BCUT2D eigenvalue weighted by Crippen LogP contribution is 2.27. The first-order chi connectivity index (χ1) is 13.2. The van der Waals surface area contributed by atoms with E-state index < -0.39 is 5.91 Å². The summed E-state index contributed by atoms with van der Waals surface area (Å²) in [5.74, 6) is 1.11. The van der Waals surface area contributed by atoms with Gasteiger partial charge in [-0.2, -0.15) is 0 Å². The van der Waals surface area contributed by atoms with E-state index in [9.17, 15) is 4.79 Å². The summed E-state index contributed by atoms with van der Waals surface area (Å²) in [6.07, 6.45) is 16.9. The molecule has 1 saturated carbocycles. The van der Waals surface area contributed by atoms with Crippen molar-refractivity contribution in [2.45, 2.75) is 57.4 Å². The predicted octanol–water partition coefficient (Wildman–Crippen LogP) is 3.69. The topological polar surface area (TPSA) is 90.4 Å². The van der Waals surface area contributed by atoms with Crippen molar-refractivity contribution in [2.75, 3.05) is 25.0 Å². The molecule has 1 saturated heterocycles. The lowest BCUT2D eigenvalue weighted by Crippen LogP contribution is -2.43. The third-order valence-electron chi connectivity index (χ3n) is 5.62. The Morgan fingerprint density at radius 1 is 1.14 bits per heavy atom. The number of likely N-dealkylation sites (tertiary alicyclic amines) is 1. The van der Waals surface area contributed by atoms with Crippen LogP contribution in [0.1, 0.15) is 57.1 Å². The number of rotatable bonds is 7. The van der Waals surface area contributed by atoms with Gasteiger partial charge in [0, 0.05) is 18.7 Å². The number of hydrogen-bond acceptors (Lipinski definition) is 6. The average Bonchev–Trinajstić information content (AvgIpc) is 2.72. The molecule has 0 bridgehead atoms. The highest BCUT2D eigenvalue weighted by molar-refractivity contribution is 5.90. The van der Waals surface area contributed by atoms with Crippen LogP contribution in [0.5, 0.6) is 0 Å². The Morgan fingerprint density at radius 3 is 2.62 bits per heavy atom. The Bertz CT molecular complexity index is 624. The highest BCUT2D eigenvalue weighted by Gasteiger charge is 2.21. The summed E-state index contributed by atoms with van der Waals surface area (Å²) in [5.41, 5.74) is 2.12. The Hall–Kier alpha value is -1.41. The number of carbonyl (C=O) groups is 1. The number of nitrogens with one attached hydrogen (secondary N) is 2. The first kappa shape index (κ1) is 25.6. The molecule has 1 aliphatic carbocycles. The normalized spacial score (nSPS) is 20.5. The summed E-state index contributed by atoms with van der Waals surface area (Å²) in [4.78, 5) is 22.2. The van der Waals surface area contributed by atoms with E-state index in [-0.39, 0.29) is 24.8 Å². The minimum atomic E-state index is -0.588. The van der Waals surface area contributed by atoms with E-state index in [1.165, 1.54) is 70.2 Å². The standard InChI is InChI=1S/C20H31N5O2.2ClH/c26-20(24-27)9-8-17-13-22-19(14-21-17)23-18-7-4-11-25(15-18)12-10-16-5-2-1-3-6-16;;/h8-9,13-14,16,18,27H,1-7,10-12,15H2,(H,22,23)(H,24,26);2*1H/t18-;;/m1../s1. The molecule has 1 atom stereocenters. The minimum absolute atomic E-state index is 0. The van der Waals surface area contributed by atoms with Crippen molar-refractivity contribution in [2.24, 2.45) is 5.92 Å². The van der Waals surface area contributed by atoms with Crippen LogP contribution in [0.4, 0.5) is 5.82 Å². The molecule has 0 unspecified atom stereocenters. The number of hydroxylamine groups is 1. The van der Waals surface area contributed by atoms with Gasteiger partial charge in [0.1, 0.15) is 5.82 Å². The number of carbonyl (C=O) groups excluding carboxylic acids is 1. The van der Waals surface area contributed by atoms with Crippen LogP contribution in [-0.2, 0) is 4.79 Å². The van der Waals surface area contributed by atoms with Crippen LogP contribution in [0.25, 0.3) is 6.08 Å². The summed E-state index contributed by atoms with van der Waals surface area (Å²) in [6, 6.07) is 0.404. The number of aromatic nitrogens is 2. The quantitative estimate of drug-likeness (QED) is 0.336. The van der Waals surface area contributed by atoms with Gasteiger partial charge in [0.25, 0.3) is 5.91 Å². The van der Waals surface area contributed by atoms with E-state index in [0.29, 0.717) is 11.7 Å². The maximum Gasteiger partial charge on any atom is 0.267 e. The predicted molar refractivity (Wildman–Crippen MR) is 120 cm³/mol. The van der Waals surface area contributed by atoms with Gasteiger partial charge in [-0.15, -0.1) is 24.8 Å². The smallest absolute Gasteiger partial charge is 0.267 e. The summed E-state index contributed by atoms with van der Waals surface area (Å²) in [5, 5.41) is 12.0. The first-order valence-corrected chi connectivity index (χ1v) is 10.2.